The normalized spacial score (nSPS) is 11.7. The van der Waals surface area contributed by atoms with Crippen molar-refractivity contribution in [3.05, 3.63) is 36.4 Å². The minimum atomic E-state index is -1.45. The van der Waals surface area contributed by atoms with Crippen molar-refractivity contribution < 1.29 is 28.5 Å². The molecule has 32 heavy (non-hydrogen) atoms. The first-order valence-electron chi connectivity index (χ1n) is 9.88. The summed E-state index contributed by atoms with van der Waals surface area (Å²) in [6.45, 7) is 5.81. The molecular formula is C22H26ClN3O6. The van der Waals surface area contributed by atoms with Crippen molar-refractivity contribution in [2.75, 3.05) is 31.9 Å². The molecule has 0 aliphatic rings. The highest BCUT2D eigenvalue weighted by Crippen LogP contribution is 2.33. The molecule has 0 heterocycles. The van der Waals surface area contributed by atoms with E-state index in [0.717, 1.165) is 4.42 Å². The second-order valence-electron chi connectivity index (χ2n) is 6.41. The van der Waals surface area contributed by atoms with Crippen LogP contribution >= 0.6 is 11.8 Å². The first-order chi connectivity index (χ1) is 15.3. The Kier molecular flexibility index (Phi) is 9.27. The van der Waals surface area contributed by atoms with Crippen LogP contribution in [0.4, 0.5) is 11.4 Å². The van der Waals surface area contributed by atoms with Crippen LogP contribution in [-0.4, -0.2) is 45.2 Å². The van der Waals surface area contributed by atoms with Crippen LogP contribution in [0.5, 0.6) is 23.0 Å². The molecule has 0 bridgehead atoms. The summed E-state index contributed by atoms with van der Waals surface area (Å²) in [5, 5.41) is 8.04. The standard InChI is InChI=1S/C22H26ClN3O6/c1-6-31-16-8-9-19(20(13-16)32-7-2)24-25-21(14(3)27)22(28)26(23)15-10-17(29-4)12-18(11-15)30-5/h8-13,21H,6-7H2,1-5H3. The number of methoxy groups -OCH3 is 2. The Hall–Kier alpha value is -3.33. The van der Waals surface area contributed by atoms with E-state index in [4.69, 9.17) is 30.7 Å². The number of azo groups is 1. The van der Waals surface area contributed by atoms with Crippen LogP contribution in [0.15, 0.2) is 46.6 Å². The number of anilines is 1. The number of nitrogens with zero attached hydrogens (tertiary/aromatic N) is 3. The van der Waals surface area contributed by atoms with Crippen molar-refractivity contribution in [2.24, 2.45) is 10.2 Å². The average molecular weight is 464 g/mol. The van der Waals surface area contributed by atoms with E-state index in [1.807, 2.05) is 13.8 Å². The van der Waals surface area contributed by atoms with E-state index in [0.29, 0.717) is 41.9 Å². The van der Waals surface area contributed by atoms with Gasteiger partial charge in [0.25, 0.3) is 5.91 Å². The Morgan fingerprint density at radius 1 is 0.969 bits per heavy atom. The van der Waals surface area contributed by atoms with Crippen LogP contribution < -0.4 is 23.4 Å². The first kappa shape index (κ1) is 24.9. The molecule has 0 N–H and O–H groups in total. The third-order valence-corrected chi connectivity index (χ3v) is 4.56. The van der Waals surface area contributed by atoms with Gasteiger partial charge in [-0.3, -0.25) is 9.59 Å². The van der Waals surface area contributed by atoms with Crippen molar-refractivity contribution >= 4 is 34.8 Å². The number of rotatable bonds is 11. The predicted octanol–water partition coefficient (Wildman–Crippen LogP) is 4.73. The lowest BCUT2D eigenvalue weighted by molar-refractivity contribution is -0.126. The second-order valence-corrected chi connectivity index (χ2v) is 6.75. The van der Waals surface area contributed by atoms with Gasteiger partial charge in [-0.2, -0.15) is 10.2 Å². The molecule has 1 atom stereocenters. The smallest absolute Gasteiger partial charge is 0.276 e. The van der Waals surface area contributed by atoms with Gasteiger partial charge >= 0.3 is 0 Å². The summed E-state index contributed by atoms with van der Waals surface area (Å²) in [7, 11) is 2.94. The third kappa shape index (κ3) is 6.34. The van der Waals surface area contributed by atoms with E-state index in [1.165, 1.54) is 33.3 Å². The number of Topliss-reactive ketones (excluding diaryl/α,β-unsaturated/α-hetero) is 1. The Morgan fingerprint density at radius 2 is 1.59 bits per heavy atom. The molecule has 0 fully saturated rings. The maximum absolute atomic E-state index is 12.9. The van der Waals surface area contributed by atoms with Gasteiger partial charge in [0, 0.05) is 36.0 Å². The van der Waals surface area contributed by atoms with Gasteiger partial charge < -0.3 is 18.9 Å². The average Bonchev–Trinajstić information content (AvgIpc) is 2.79. The predicted molar refractivity (Wildman–Crippen MR) is 121 cm³/mol. The van der Waals surface area contributed by atoms with Gasteiger partial charge in [0.05, 0.1) is 33.1 Å². The van der Waals surface area contributed by atoms with Gasteiger partial charge in [-0.25, -0.2) is 4.42 Å². The molecule has 0 aliphatic heterocycles. The van der Waals surface area contributed by atoms with Crippen molar-refractivity contribution in [1.82, 2.24) is 0 Å². The summed E-state index contributed by atoms with van der Waals surface area (Å²) in [5.41, 5.74) is 0.601. The summed E-state index contributed by atoms with van der Waals surface area (Å²) in [5.74, 6) is 0.569. The highest BCUT2D eigenvalue weighted by molar-refractivity contribution is 6.39. The number of halogens is 1. The zero-order valence-corrected chi connectivity index (χ0v) is 19.4. The third-order valence-electron chi connectivity index (χ3n) is 4.20. The Morgan fingerprint density at radius 3 is 2.12 bits per heavy atom. The summed E-state index contributed by atoms with van der Waals surface area (Å²) in [6.07, 6.45) is 0. The Balaban J connectivity index is 2.33. The maximum Gasteiger partial charge on any atom is 0.276 e. The Labute approximate surface area is 192 Å². The molecule has 0 aliphatic carbocycles. The maximum atomic E-state index is 12.9. The number of hydrogen-bond acceptors (Lipinski definition) is 8. The van der Waals surface area contributed by atoms with Gasteiger partial charge in [-0.05, 0) is 32.9 Å². The molecule has 0 saturated carbocycles. The lowest BCUT2D eigenvalue weighted by atomic mass is 10.2. The van der Waals surface area contributed by atoms with Crippen LogP contribution in [0, 0.1) is 0 Å². The summed E-state index contributed by atoms with van der Waals surface area (Å²) in [6, 6.07) is 8.23. The number of carbonyl (C=O) groups is 2. The molecule has 1 unspecified atom stereocenters. The van der Waals surface area contributed by atoms with Crippen molar-refractivity contribution in [2.45, 2.75) is 26.8 Å². The monoisotopic (exact) mass is 463 g/mol. The number of ether oxygens (including phenoxy) is 4. The van der Waals surface area contributed by atoms with E-state index in [2.05, 4.69) is 10.2 Å². The fourth-order valence-corrected chi connectivity index (χ4v) is 2.86. The molecule has 0 saturated heterocycles. The van der Waals surface area contributed by atoms with Crippen molar-refractivity contribution in [3.8, 4) is 23.0 Å². The van der Waals surface area contributed by atoms with E-state index >= 15 is 0 Å². The lowest BCUT2D eigenvalue weighted by Gasteiger charge is -2.18. The fraction of sp³-hybridized carbons (Fsp3) is 0.364. The van der Waals surface area contributed by atoms with E-state index in [1.54, 1.807) is 24.3 Å². The van der Waals surface area contributed by atoms with Crippen LogP contribution in [0.1, 0.15) is 20.8 Å². The quantitative estimate of drug-likeness (QED) is 0.271. The van der Waals surface area contributed by atoms with E-state index in [9.17, 15) is 9.59 Å². The van der Waals surface area contributed by atoms with Crippen molar-refractivity contribution in [3.63, 3.8) is 0 Å². The highest BCUT2D eigenvalue weighted by Gasteiger charge is 2.29. The van der Waals surface area contributed by atoms with Crippen LogP contribution in [0.2, 0.25) is 0 Å². The SMILES string of the molecule is CCOc1ccc(N=NC(C(C)=O)C(=O)N(Cl)c2cc(OC)cc(OC)c2)c(OCC)c1. The van der Waals surface area contributed by atoms with E-state index < -0.39 is 17.7 Å². The topological polar surface area (TPSA) is 99.0 Å². The van der Waals surface area contributed by atoms with Gasteiger partial charge in [0.15, 0.2) is 5.78 Å². The minimum Gasteiger partial charge on any atom is -0.497 e. The molecule has 172 valence electrons. The second kappa shape index (κ2) is 11.9. The molecule has 2 rings (SSSR count). The number of ketones is 1. The molecule has 10 heteroatoms. The molecule has 9 nitrogen and oxygen atoms in total. The lowest BCUT2D eigenvalue weighted by Crippen LogP contribution is -2.36. The molecule has 0 spiro atoms. The number of carbonyl (C=O) groups excluding carboxylic acids is 2. The fourth-order valence-electron chi connectivity index (χ4n) is 2.67. The molecule has 2 aromatic carbocycles. The van der Waals surface area contributed by atoms with Crippen LogP contribution in [0.3, 0.4) is 0 Å². The van der Waals surface area contributed by atoms with Crippen LogP contribution in [0.25, 0.3) is 0 Å². The number of hydrogen-bond donors (Lipinski definition) is 0. The Bertz CT molecular complexity index is 960. The van der Waals surface area contributed by atoms with Gasteiger partial charge in [-0.15, -0.1) is 0 Å². The van der Waals surface area contributed by atoms with Gasteiger partial charge in [0.1, 0.15) is 28.7 Å². The molecule has 1 amide bonds. The first-order valence-corrected chi connectivity index (χ1v) is 10.2. The molecular weight excluding hydrogens is 438 g/mol. The summed E-state index contributed by atoms with van der Waals surface area (Å²) >= 11 is 6.25. The van der Waals surface area contributed by atoms with Gasteiger partial charge in [0.2, 0.25) is 6.04 Å². The highest BCUT2D eigenvalue weighted by atomic mass is 35.5. The molecule has 2 aromatic rings. The molecule has 0 radical (unpaired) electrons. The molecule has 0 aromatic heterocycles. The largest absolute Gasteiger partial charge is 0.497 e. The van der Waals surface area contributed by atoms with E-state index in [-0.39, 0.29) is 5.69 Å². The summed E-state index contributed by atoms with van der Waals surface area (Å²) in [4.78, 5) is 25.1. The zero-order valence-electron chi connectivity index (χ0n) is 18.6. The summed E-state index contributed by atoms with van der Waals surface area (Å²) < 4.78 is 22.2. The minimum absolute atomic E-state index is 0.255. The van der Waals surface area contributed by atoms with Crippen molar-refractivity contribution in [1.29, 1.82) is 0 Å². The number of amides is 1. The van der Waals surface area contributed by atoms with Crippen LogP contribution in [-0.2, 0) is 9.59 Å². The van der Waals surface area contributed by atoms with Gasteiger partial charge in [-0.1, -0.05) is 0 Å². The number of benzene rings is 2. The zero-order chi connectivity index (χ0) is 23.7.